The number of carbonyl (C=O) groups excluding carboxylic acids is 2. The van der Waals surface area contributed by atoms with Gasteiger partial charge in [0.15, 0.2) is 0 Å². The summed E-state index contributed by atoms with van der Waals surface area (Å²) in [5.74, 6) is -0.521. The van der Waals surface area contributed by atoms with Crippen molar-refractivity contribution in [1.82, 2.24) is 4.90 Å². The number of esters is 1. The highest BCUT2D eigenvalue weighted by Gasteiger charge is 2.47. The van der Waals surface area contributed by atoms with Crippen LogP contribution in [0.25, 0.3) is 0 Å². The van der Waals surface area contributed by atoms with Crippen LogP contribution in [0.4, 0.5) is 4.79 Å². The maximum atomic E-state index is 12.5. The Balaban J connectivity index is 2.16. The zero-order valence-electron chi connectivity index (χ0n) is 14.9. The highest BCUT2D eigenvalue weighted by Crippen LogP contribution is 2.32. The number of rotatable bonds is 6. The first-order valence-corrected chi connectivity index (χ1v) is 8.23. The SMILES string of the molecule is COC(=O)C1(c2ccccc2)CN(C(=O)OC(C)(C)CCCN)C=N1. The number of hydrogen-bond donors (Lipinski definition) is 1. The normalized spacial score (nSPS) is 19.8. The molecule has 1 heterocycles. The summed E-state index contributed by atoms with van der Waals surface area (Å²) in [5.41, 5.74) is 4.26. The molecule has 1 amide bonds. The topological polar surface area (TPSA) is 94.2 Å². The van der Waals surface area contributed by atoms with E-state index in [4.69, 9.17) is 15.2 Å². The van der Waals surface area contributed by atoms with Gasteiger partial charge < -0.3 is 15.2 Å². The van der Waals surface area contributed by atoms with Crippen molar-refractivity contribution in [3.8, 4) is 0 Å². The smallest absolute Gasteiger partial charge is 0.415 e. The lowest BCUT2D eigenvalue weighted by atomic mass is 9.91. The number of methoxy groups -OCH3 is 1. The van der Waals surface area contributed by atoms with E-state index in [0.29, 0.717) is 18.5 Å². The average Bonchev–Trinajstić information content (AvgIpc) is 3.06. The predicted molar refractivity (Wildman–Crippen MR) is 94.2 cm³/mol. The first-order valence-electron chi connectivity index (χ1n) is 8.23. The highest BCUT2D eigenvalue weighted by molar-refractivity contribution is 5.92. The van der Waals surface area contributed by atoms with E-state index >= 15 is 0 Å². The van der Waals surface area contributed by atoms with Gasteiger partial charge in [0.2, 0.25) is 5.54 Å². The first kappa shape index (κ1) is 18.9. The molecule has 2 rings (SSSR count). The van der Waals surface area contributed by atoms with Crippen LogP contribution >= 0.6 is 0 Å². The second kappa shape index (κ2) is 7.65. The quantitative estimate of drug-likeness (QED) is 0.795. The molecular formula is C18H25N3O4. The Morgan fingerprint density at radius 3 is 2.60 bits per heavy atom. The molecule has 0 bridgehead atoms. The van der Waals surface area contributed by atoms with Crippen LogP contribution in [-0.2, 0) is 19.8 Å². The van der Waals surface area contributed by atoms with Crippen molar-refractivity contribution in [1.29, 1.82) is 0 Å². The van der Waals surface area contributed by atoms with Gasteiger partial charge in [0.05, 0.1) is 20.0 Å². The van der Waals surface area contributed by atoms with Crippen LogP contribution in [0.2, 0.25) is 0 Å². The third kappa shape index (κ3) is 4.17. The number of ether oxygens (including phenoxy) is 2. The van der Waals surface area contributed by atoms with Gasteiger partial charge in [-0.05, 0) is 38.8 Å². The van der Waals surface area contributed by atoms with Gasteiger partial charge in [-0.3, -0.25) is 4.90 Å². The van der Waals surface area contributed by atoms with E-state index in [1.807, 2.05) is 32.0 Å². The van der Waals surface area contributed by atoms with Gasteiger partial charge in [-0.2, -0.15) is 0 Å². The van der Waals surface area contributed by atoms with Crippen molar-refractivity contribution in [2.75, 3.05) is 20.2 Å². The van der Waals surface area contributed by atoms with Crippen LogP contribution in [0.15, 0.2) is 35.3 Å². The van der Waals surface area contributed by atoms with Crippen molar-refractivity contribution in [2.45, 2.75) is 37.8 Å². The standard InChI is InChI=1S/C18H25N3O4/c1-17(2,10-7-11-19)25-16(23)21-12-18(20-13-21,15(22)24-3)14-8-5-4-6-9-14/h4-6,8-9,13H,7,10-12,19H2,1-3H3. The molecule has 1 aliphatic heterocycles. The van der Waals surface area contributed by atoms with E-state index in [0.717, 1.165) is 6.42 Å². The number of aliphatic imine (C=N–C) groups is 1. The number of amides is 1. The molecule has 1 aliphatic rings. The molecule has 1 aromatic carbocycles. The van der Waals surface area contributed by atoms with Crippen LogP contribution in [0.3, 0.4) is 0 Å². The van der Waals surface area contributed by atoms with E-state index in [9.17, 15) is 9.59 Å². The summed E-state index contributed by atoms with van der Waals surface area (Å²) in [6, 6.07) is 9.04. The first-order chi connectivity index (χ1) is 11.8. The molecule has 2 N–H and O–H groups in total. The Bertz CT molecular complexity index is 645. The van der Waals surface area contributed by atoms with Gasteiger partial charge in [0.25, 0.3) is 0 Å². The molecule has 0 radical (unpaired) electrons. The number of nitrogens with zero attached hydrogens (tertiary/aromatic N) is 2. The minimum absolute atomic E-state index is 0.0372. The minimum Gasteiger partial charge on any atom is -0.467 e. The zero-order valence-corrected chi connectivity index (χ0v) is 14.9. The molecule has 0 aliphatic carbocycles. The van der Waals surface area contributed by atoms with Crippen LogP contribution < -0.4 is 5.73 Å². The number of carbonyl (C=O) groups is 2. The molecule has 7 nitrogen and oxygen atoms in total. The lowest BCUT2D eigenvalue weighted by molar-refractivity contribution is -0.147. The maximum Gasteiger partial charge on any atom is 0.415 e. The summed E-state index contributed by atoms with van der Waals surface area (Å²) in [6.45, 7) is 4.23. The average molecular weight is 347 g/mol. The lowest BCUT2D eigenvalue weighted by Crippen LogP contribution is -2.44. The zero-order chi connectivity index (χ0) is 18.5. The molecule has 7 heteroatoms. The molecular weight excluding hydrogens is 322 g/mol. The number of nitrogens with two attached hydrogens (primary N) is 1. The predicted octanol–water partition coefficient (Wildman–Crippen LogP) is 2.05. The third-order valence-corrected chi connectivity index (χ3v) is 4.17. The molecule has 0 saturated carbocycles. The Morgan fingerprint density at radius 1 is 1.32 bits per heavy atom. The molecule has 25 heavy (non-hydrogen) atoms. The lowest BCUT2D eigenvalue weighted by Gasteiger charge is -2.29. The van der Waals surface area contributed by atoms with Gasteiger partial charge in [-0.15, -0.1) is 0 Å². The van der Waals surface area contributed by atoms with Gasteiger partial charge in [-0.1, -0.05) is 30.3 Å². The minimum atomic E-state index is -1.27. The van der Waals surface area contributed by atoms with Crippen molar-refractivity contribution in [3.63, 3.8) is 0 Å². The fourth-order valence-electron chi connectivity index (χ4n) is 2.77. The van der Waals surface area contributed by atoms with Crippen LogP contribution in [0.5, 0.6) is 0 Å². The molecule has 1 atom stereocenters. The summed E-state index contributed by atoms with van der Waals surface area (Å²) in [6.07, 6.45) is 2.20. The van der Waals surface area contributed by atoms with Gasteiger partial charge in [0.1, 0.15) is 5.60 Å². The molecule has 136 valence electrons. The fourth-order valence-corrected chi connectivity index (χ4v) is 2.77. The van der Waals surface area contributed by atoms with E-state index < -0.39 is 23.2 Å². The molecule has 1 unspecified atom stereocenters. The van der Waals surface area contributed by atoms with Crippen molar-refractivity contribution >= 4 is 18.4 Å². The highest BCUT2D eigenvalue weighted by atomic mass is 16.6. The second-order valence-corrected chi connectivity index (χ2v) is 6.61. The van der Waals surface area contributed by atoms with Crippen LogP contribution in [0, 0.1) is 0 Å². The molecule has 0 spiro atoms. The summed E-state index contributed by atoms with van der Waals surface area (Å²) in [7, 11) is 1.31. The molecule has 0 fully saturated rings. The monoisotopic (exact) mass is 347 g/mol. The van der Waals surface area contributed by atoms with Crippen molar-refractivity contribution in [2.24, 2.45) is 10.7 Å². The Hall–Kier alpha value is -2.41. The summed E-state index contributed by atoms with van der Waals surface area (Å²) in [5, 5.41) is 0. The van der Waals surface area contributed by atoms with Gasteiger partial charge >= 0.3 is 12.1 Å². The Kier molecular flexibility index (Phi) is 5.79. The number of benzene rings is 1. The van der Waals surface area contributed by atoms with E-state index in [1.54, 1.807) is 12.1 Å². The van der Waals surface area contributed by atoms with Crippen LogP contribution in [0.1, 0.15) is 32.3 Å². The van der Waals surface area contributed by atoms with Gasteiger partial charge in [0, 0.05) is 0 Å². The molecule has 0 aromatic heterocycles. The van der Waals surface area contributed by atoms with E-state index in [1.165, 1.54) is 18.3 Å². The number of hydrogen-bond acceptors (Lipinski definition) is 6. The fraction of sp³-hybridized carbons (Fsp3) is 0.500. The summed E-state index contributed by atoms with van der Waals surface area (Å²) in [4.78, 5) is 30.5. The third-order valence-electron chi connectivity index (χ3n) is 4.17. The van der Waals surface area contributed by atoms with E-state index in [-0.39, 0.29) is 6.54 Å². The van der Waals surface area contributed by atoms with Gasteiger partial charge in [-0.25, -0.2) is 14.6 Å². The summed E-state index contributed by atoms with van der Waals surface area (Å²) < 4.78 is 10.5. The Morgan fingerprint density at radius 2 is 2.00 bits per heavy atom. The van der Waals surface area contributed by atoms with Crippen molar-refractivity contribution in [3.05, 3.63) is 35.9 Å². The molecule has 0 saturated heterocycles. The van der Waals surface area contributed by atoms with E-state index in [2.05, 4.69) is 4.99 Å². The van der Waals surface area contributed by atoms with Crippen molar-refractivity contribution < 1.29 is 19.1 Å². The molecule has 1 aromatic rings. The maximum absolute atomic E-state index is 12.5. The van der Waals surface area contributed by atoms with Crippen LogP contribution in [-0.4, -0.2) is 49.1 Å². The summed E-state index contributed by atoms with van der Waals surface area (Å²) >= 11 is 0. The largest absolute Gasteiger partial charge is 0.467 e. The Labute approximate surface area is 147 Å². The second-order valence-electron chi connectivity index (χ2n) is 6.61.